The molecule has 3 nitrogen and oxygen atoms in total. The molecule has 110 valence electrons. The number of alkyl halides is 1. The molecular weight excluding hydrogens is 282 g/mol. The molecule has 3 rings (SSSR count). The van der Waals surface area contributed by atoms with Crippen LogP contribution in [0.5, 0.6) is 0 Å². The highest BCUT2D eigenvalue weighted by Crippen LogP contribution is 2.39. The molecule has 1 fully saturated rings. The highest BCUT2D eigenvalue weighted by molar-refractivity contribution is 6.16. The van der Waals surface area contributed by atoms with Gasteiger partial charge in [-0.2, -0.15) is 5.26 Å². The van der Waals surface area contributed by atoms with Gasteiger partial charge in [0.25, 0.3) is 0 Å². The van der Waals surface area contributed by atoms with Gasteiger partial charge in [-0.05, 0) is 30.9 Å². The van der Waals surface area contributed by atoms with E-state index < -0.39 is 0 Å². The van der Waals surface area contributed by atoms with Gasteiger partial charge in [-0.3, -0.25) is 0 Å². The number of aromatic nitrogens is 2. The number of fused-ring (bicyclic) bond motifs is 1. The Morgan fingerprint density at radius 1 is 1.38 bits per heavy atom. The fourth-order valence-electron chi connectivity index (χ4n) is 3.72. The van der Waals surface area contributed by atoms with Crippen LogP contribution in [0.15, 0.2) is 18.2 Å². The van der Waals surface area contributed by atoms with Gasteiger partial charge in [0.2, 0.25) is 0 Å². The molecule has 1 aromatic heterocycles. The molecule has 0 spiro atoms. The molecule has 2 aromatic rings. The predicted molar refractivity (Wildman–Crippen MR) is 85.3 cm³/mol. The van der Waals surface area contributed by atoms with Gasteiger partial charge in [-0.25, -0.2) is 4.98 Å². The van der Waals surface area contributed by atoms with E-state index in [0.29, 0.717) is 23.4 Å². The van der Waals surface area contributed by atoms with Crippen molar-refractivity contribution in [2.45, 2.75) is 50.9 Å². The van der Waals surface area contributed by atoms with E-state index in [0.717, 1.165) is 16.9 Å². The van der Waals surface area contributed by atoms with E-state index in [1.165, 1.54) is 32.1 Å². The molecule has 1 aliphatic rings. The number of nitrogens with zero attached hydrogens (tertiary/aromatic N) is 3. The molecule has 1 aliphatic carbocycles. The zero-order chi connectivity index (χ0) is 14.8. The van der Waals surface area contributed by atoms with Gasteiger partial charge in [0.15, 0.2) is 0 Å². The van der Waals surface area contributed by atoms with Crippen molar-refractivity contribution in [1.82, 2.24) is 9.55 Å². The van der Waals surface area contributed by atoms with Gasteiger partial charge in [0, 0.05) is 6.04 Å². The third kappa shape index (κ3) is 2.42. The van der Waals surface area contributed by atoms with Crippen LogP contribution in [-0.2, 0) is 5.88 Å². The number of imidazole rings is 1. The van der Waals surface area contributed by atoms with Crippen molar-refractivity contribution in [2.75, 3.05) is 0 Å². The first kappa shape index (κ1) is 14.4. The average Bonchev–Trinajstić information content (AvgIpc) is 2.93. The summed E-state index contributed by atoms with van der Waals surface area (Å²) in [4.78, 5) is 4.65. The Balaban J connectivity index is 2.18. The summed E-state index contributed by atoms with van der Waals surface area (Å²) in [5, 5.41) is 9.28. The molecule has 1 heterocycles. The first-order valence-electron chi connectivity index (χ1n) is 7.76. The molecule has 0 radical (unpaired) electrons. The second-order valence-electron chi connectivity index (χ2n) is 5.84. The Bertz CT molecular complexity index is 683. The zero-order valence-corrected chi connectivity index (χ0v) is 13.1. The molecule has 0 aliphatic heterocycles. The van der Waals surface area contributed by atoms with Crippen LogP contribution in [0.1, 0.15) is 56.5 Å². The number of halogens is 1. The largest absolute Gasteiger partial charge is 0.324 e. The maximum absolute atomic E-state index is 9.28. The van der Waals surface area contributed by atoms with Crippen LogP contribution >= 0.6 is 11.6 Å². The minimum atomic E-state index is 0.395. The maximum atomic E-state index is 9.28. The number of hydrogen-bond acceptors (Lipinski definition) is 2. The van der Waals surface area contributed by atoms with Gasteiger partial charge < -0.3 is 4.57 Å². The number of benzene rings is 1. The van der Waals surface area contributed by atoms with Crippen molar-refractivity contribution in [3.63, 3.8) is 0 Å². The van der Waals surface area contributed by atoms with Crippen LogP contribution in [0.25, 0.3) is 11.0 Å². The first-order chi connectivity index (χ1) is 10.3. The molecule has 0 N–H and O–H groups in total. The summed E-state index contributed by atoms with van der Waals surface area (Å²) in [6.07, 6.45) is 6.23. The Morgan fingerprint density at radius 2 is 2.19 bits per heavy atom. The molecule has 21 heavy (non-hydrogen) atoms. The van der Waals surface area contributed by atoms with Crippen molar-refractivity contribution in [2.24, 2.45) is 5.92 Å². The van der Waals surface area contributed by atoms with Gasteiger partial charge in [0.05, 0.1) is 17.0 Å². The normalized spacial score (nSPS) is 22.3. The Morgan fingerprint density at radius 3 is 2.90 bits per heavy atom. The minimum absolute atomic E-state index is 0.395. The lowest BCUT2D eigenvalue weighted by Gasteiger charge is -2.33. The van der Waals surface area contributed by atoms with Crippen LogP contribution in [-0.4, -0.2) is 9.55 Å². The summed E-state index contributed by atoms with van der Waals surface area (Å²) < 4.78 is 2.32. The highest BCUT2D eigenvalue weighted by atomic mass is 35.5. The lowest BCUT2D eigenvalue weighted by Crippen LogP contribution is -2.24. The van der Waals surface area contributed by atoms with E-state index >= 15 is 0 Å². The summed E-state index contributed by atoms with van der Waals surface area (Å²) in [5.41, 5.74) is 2.51. The van der Waals surface area contributed by atoms with E-state index in [9.17, 15) is 5.26 Å². The summed E-state index contributed by atoms with van der Waals surface area (Å²) in [7, 11) is 0. The van der Waals surface area contributed by atoms with Crippen LogP contribution in [0.2, 0.25) is 0 Å². The van der Waals surface area contributed by atoms with Crippen LogP contribution in [0.4, 0.5) is 0 Å². The van der Waals surface area contributed by atoms with Crippen LogP contribution < -0.4 is 0 Å². The van der Waals surface area contributed by atoms with E-state index in [1.54, 1.807) is 0 Å². The number of hydrogen-bond donors (Lipinski definition) is 0. The van der Waals surface area contributed by atoms with Gasteiger partial charge in [0.1, 0.15) is 17.4 Å². The molecule has 2 atom stereocenters. The van der Waals surface area contributed by atoms with Crippen molar-refractivity contribution in [1.29, 1.82) is 5.26 Å². The van der Waals surface area contributed by atoms with Crippen molar-refractivity contribution in [3.05, 3.63) is 29.6 Å². The van der Waals surface area contributed by atoms with E-state index in [-0.39, 0.29) is 0 Å². The lowest BCUT2D eigenvalue weighted by atomic mass is 9.82. The molecular formula is C17H20ClN3. The van der Waals surface area contributed by atoms with Crippen LogP contribution in [0, 0.1) is 17.2 Å². The molecule has 4 heteroatoms. The fourth-order valence-corrected chi connectivity index (χ4v) is 3.91. The van der Waals surface area contributed by atoms with Crippen molar-refractivity contribution < 1.29 is 0 Å². The standard InChI is InChI=1S/C17H20ClN3/c1-2-12-6-3-4-8-14(12)21-15-9-5-7-13(11-19)17(15)20-16(21)10-18/h5,7,9,12,14H,2-4,6,8,10H2,1H3. The van der Waals surface area contributed by atoms with E-state index in [2.05, 4.69) is 28.6 Å². The van der Waals surface area contributed by atoms with E-state index in [4.69, 9.17) is 11.6 Å². The second-order valence-corrected chi connectivity index (χ2v) is 6.10. The minimum Gasteiger partial charge on any atom is -0.324 e. The molecule has 1 aromatic carbocycles. The number of rotatable bonds is 3. The maximum Gasteiger partial charge on any atom is 0.125 e. The van der Waals surface area contributed by atoms with Crippen molar-refractivity contribution >= 4 is 22.6 Å². The quantitative estimate of drug-likeness (QED) is 0.765. The molecule has 0 amide bonds. The number of para-hydroxylation sites is 1. The zero-order valence-electron chi connectivity index (χ0n) is 12.3. The second kappa shape index (κ2) is 6.07. The molecule has 1 saturated carbocycles. The number of nitriles is 1. The average molecular weight is 302 g/mol. The summed E-state index contributed by atoms with van der Waals surface area (Å²) in [6.45, 7) is 2.27. The van der Waals surface area contributed by atoms with Crippen LogP contribution in [0.3, 0.4) is 0 Å². The van der Waals surface area contributed by atoms with E-state index in [1.807, 2.05) is 12.1 Å². The third-order valence-electron chi connectivity index (χ3n) is 4.76. The molecule has 2 unspecified atom stereocenters. The Kier molecular flexibility index (Phi) is 4.17. The lowest BCUT2D eigenvalue weighted by molar-refractivity contribution is 0.234. The van der Waals surface area contributed by atoms with Gasteiger partial charge in [-0.1, -0.05) is 32.3 Å². The van der Waals surface area contributed by atoms with Gasteiger partial charge in [-0.15, -0.1) is 11.6 Å². The summed E-state index contributed by atoms with van der Waals surface area (Å²) in [6, 6.07) is 8.56. The monoisotopic (exact) mass is 301 g/mol. The van der Waals surface area contributed by atoms with Gasteiger partial charge >= 0.3 is 0 Å². The molecule has 0 saturated heterocycles. The predicted octanol–water partition coefficient (Wildman–Crippen LogP) is 4.79. The Hall–Kier alpha value is -1.53. The molecule has 0 bridgehead atoms. The topological polar surface area (TPSA) is 41.6 Å². The smallest absolute Gasteiger partial charge is 0.125 e. The Labute approximate surface area is 130 Å². The summed E-state index contributed by atoms with van der Waals surface area (Å²) >= 11 is 6.14. The fraction of sp³-hybridized carbons (Fsp3) is 0.529. The third-order valence-corrected chi connectivity index (χ3v) is 5.00. The van der Waals surface area contributed by atoms with Crippen molar-refractivity contribution in [3.8, 4) is 6.07 Å². The highest BCUT2D eigenvalue weighted by Gasteiger charge is 2.28. The summed E-state index contributed by atoms with van der Waals surface area (Å²) in [5.74, 6) is 1.98. The first-order valence-corrected chi connectivity index (χ1v) is 8.29. The SMILES string of the molecule is CCC1CCCCC1n1c(CCl)nc2c(C#N)cccc21.